The third kappa shape index (κ3) is 3.72. The van der Waals surface area contributed by atoms with Gasteiger partial charge in [0.25, 0.3) is 0 Å². The normalized spacial score (nSPS) is 12.6. The first kappa shape index (κ1) is 14.4. The van der Waals surface area contributed by atoms with E-state index in [1.165, 1.54) is 11.8 Å². The molecule has 1 heterocycles. The SMILES string of the molecule is CCNC(C)c1ccc(Sc2n[nH]c(C)n2)cc1Cl. The Morgan fingerprint density at radius 2 is 2.26 bits per heavy atom. The van der Waals surface area contributed by atoms with Gasteiger partial charge in [-0.2, -0.15) is 0 Å². The number of hydrogen-bond donors (Lipinski definition) is 2. The van der Waals surface area contributed by atoms with Crippen LogP contribution in [0.25, 0.3) is 0 Å². The summed E-state index contributed by atoms with van der Waals surface area (Å²) in [5.74, 6) is 0.811. The Morgan fingerprint density at radius 1 is 1.47 bits per heavy atom. The molecular weight excluding hydrogens is 280 g/mol. The van der Waals surface area contributed by atoms with Crippen molar-refractivity contribution in [3.05, 3.63) is 34.6 Å². The van der Waals surface area contributed by atoms with Gasteiger partial charge in [0.05, 0.1) is 0 Å². The molecule has 4 nitrogen and oxygen atoms in total. The third-order valence-electron chi connectivity index (χ3n) is 2.73. The highest BCUT2D eigenvalue weighted by Crippen LogP contribution is 2.31. The molecule has 2 rings (SSSR count). The van der Waals surface area contributed by atoms with E-state index >= 15 is 0 Å². The van der Waals surface area contributed by atoms with Crippen molar-refractivity contribution >= 4 is 23.4 Å². The molecule has 0 bridgehead atoms. The molecule has 0 aliphatic heterocycles. The highest BCUT2D eigenvalue weighted by molar-refractivity contribution is 7.99. The first-order chi connectivity index (χ1) is 9.10. The number of rotatable bonds is 5. The fourth-order valence-corrected chi connectivity index (χ4v) is 3.02. The van der Waals surface area contributed by atoms with Gasteiger partial charge in [0.15, 0.2) is 0 Å². The summed E-state index contributed by atoms with van der Waals surface area (Å²) in [4.78, 5) is 5.30. The lowest BCUT2D eigenvalue weighted by molar-refractivity contribution is 0.598. The van der Waals surface area contributed by atoms with Gasteiger partial charge in [-0.1, -0.05) is 24.6 Å². The molecule has 0 saturated carbocycles. The van der Waals surface area contributed by atoms with Crippen LogP contribution in [0.1, 0.15) is 31.3 Å². The predicted molar refractivity (Wildman–Crippen MR) is 78.8 cm³/mol. The summed E-state index contributed by atoms with van der Waals surface area (Å²) in [7, 11) is 0. The second-order valence-corrected chi connectivity index (χ2v) is 5.72. The second kappa shape index (κ2) is 6.41. The van der Waals surface area contributed by atoms with Gasteiger partial charge in [0, 0.05) is 16.0 Å². The molecule has 2 aromatic rings. The Bertz CT molecular complexity index is 555. The van der Waals surface area contributed by atoms with Crippen molar-refractivity contribution in [3.63, 3.8) is 0 Å². The third-order valence-corrected chi connectivity index (χ3v) is 3.92. The Morgan fingerprint density at radius 3 is 2.84 bits per heavy atom. The summed E-state index contributed by atoms with van der Waals surface area (Å²) in [5.41, 5.74) is 1.11. The first-order valence-electron chi connectivity index (χ1n) is 6.20. The lowest BCUT2D eigenvalue weighted by Gasteiger charge is -2.14. The maximum absolute atomic E-state index is 6.33. The highest BCUT2D eigenvalue weighted by atomic mass is 35.5. The van der Waals surface area contributed by atoms with Crippen molar-refractivity contribution in [2.75, 3.05) is 6.54 Å². The maximum Gasteiger partial charge on any atom is 0.213 e. The summed E-state index contributed by atoms with van der Waals surface area (Å²) < 4.78 is 0. The van der Waals surface area contributed by atoms with E-state index < -0.39 is 0 Å². The Hall–Kier alpha value is -1.04. The number of aromatic nitrogens is 3. The molecule has 1 atom stereocenters. The zero-order valence-electron chi connectivity index (χ0n) is 11.2. The largest absolute Gasteiger partial charge is 0.310 e. The molecule has 0 radical (unpaired) electrons. The molecule has 0 aliphatic rings. The minimum absolute atomic E-state index is 0.252. The highest BCUT2D eigenvalue weighted by Gasteiger charge is 2.10. The lowest BCUT2D eigenvalue weighted by Crippen LogP contribution is -2.17. The van der Waals surface area contributed by atoms with Crippen LogP contribution >= 0.6 is 23.4 Å². The van der Waals surface area contributed by atoms with Gasteiger partial charge in [0.1, 0.15) is 5.82 Å². The Labute approximate surface area is 122 Å². The van der Waals surface area contributed by atoms with Gasteiger partial charge in [0.2, 0.25) is 5.16 Å². The topological polar surface area (TPSA) is 53.6 Å². The Kier molecular flexibility index (Phi) is 4.85. The average molecular weight is 297 g/mol. The molecule has 1 aromatic carbocycles. The summed E-state index contributed by atoms with van der Waals surface area (Å²) in [5, 5.41) is 11.8. The van der Waals surface area contributed by atoms with Gasteiger partial charge < -0.3 is 5.32 Å². The van der Waals surface area contributed by atoms with E-state index in [-0.39, 0.29) is 6.04 Å². The second-order valence-electron chi connectivity index (χ2n) is 4.27. The molecule has 1 unspecified atom stereocenters. The van der Waals surface area contributed by atoms with Gasteiger partial charge in [-0.05, 0) is 49.9 Å². The molecule has 1 aromatic heterocycles. The molecule has 0 aliphatic carbocycles. The smallest absolute Gasteiger partial charge is 0.213 e. The van der Waals surface area contributed by atoms with Crippen molar-refractivity contribution in [1.29, 1.82) is 0 Å². The van der Waals surface area contributed by atoms with Gasteiger partial charge in [-0.15, -0.1) is 5.10 Å². The molecule has 102 valence electrons. The number of nitrogens with zero attached hydrogens (tertiary/aromatic N) is 2. The first-order valence-corrected chi connectivity index (χ1v) is 7.39. The molecule has 0 amide bonds. The minimum Gasteiger partial charge on any atom is -0.310 e. The van der Waals surface area contributed by atoms with Gasteiger partial charge >= 0.3 is 0 Å². The summed E-state index contributed by atoms with van der Waals surface area (Å²) in [6.45, 7) is 6.99. The van der Waals surface area contributed by atoms with E-state index in [1.54, 1.807) is 0 Å². The monoisotopic (exact) mass is 296 g/mol. The summed E-state index contributed by atoms with van der Waals surface area (Å²) in [6.07, 6.45) is 0. The van der Waals surface area contributed by atoms with E-state index in [0.29, 0.717) is 5.16 Å². The number of hydrogen-bond acceptors (Lipinski definition) is 4. The van der Waals surface area contributed by atoms with Crippen LogP contribution in [-0.2, 0) is 0 Å². The number of benzene rings is 1. The van der Waals surface area contributed by atoms with Crippen molar-refractivity contribution in [2.24, 2.45) is 0 Å². The summed E-state index contributed by atoms with van der Waals surface area (Å²) in [6, 6.07) is 6.31. The van der Waals surface area contributed by atoms with Crippen molar-refractivity contribution < 1.29 is 0 Å². The van der Waals surface area contributed by atoms with Crippen LogP contribution in [0, 0.1) is 6.92 Å². The standard InChI is InChI=1S/C13H17ClN4S/c1-4-15-8(2)11-6-5-10(7-12(11)14)19-13-16-9(3)17-18-13/h5-8,15H,4H2,1-3H3,(H,16,17,18). The van der Waals surface area contributed by atoms with E-state index in [9.17, 15) is 0 Å². The quantitative estimate of drug-likeness (QED) is 0.885. The number of halogens is 1. The van der Waals surface area contributed by atoms with Crippen LogP contribution in [0.4, 0.5) is 0 Å². The number of aromatic amines is 1. The van der Waals surface area contributed by atoms with Crippen molar-refractivity contribution in [2.45, 2.75) is 36.9 Å². The fourth-order valence-electron chi connectivity index (χ4n) is 1.81. The van der Waals surface area contributed by atoms with Crippen LogP contribution in [0.2, 0.25) is 5.02 Å². The molecule has 0 saturated heterocycles. The summed E-state index contributed by atoms with van der Waals surface area (Å²) >= 11 is 7.83. The zero-order valence-corrected chi connectivity index (χ0v) is 12.8. The molecule has 6 heteroatoms. The molecular formula is C13H17ClN4S. The van der Waals surface area contributed by atoms with E-state index in [1.807, 2.05) is 19.1 Å². The zero-order chi connectivity index (χ0) is 13.8. The maximum atomic E-state index is 6.33. The van der Waals surface area contributed by atoms with E-state index in [4.69, 9.17) is 11.6 Å². The van der Waals surface area contributed by atoms with Crippen LogP contribution < -0.4 is 5.32 Å². The number of H-pyrrole nitrogens is 1. The van der Waals surface area contributed by atoms with Gasteiger partial charge in [-0.25, -0.2) is 4.98 Å². The molecule has 0 fully saturated rings. The van der Waals surface area contributed by atoms with Crippen LogP contribution in [0.5, 0.6) is 0 Å². The minimum atomic E-state index is 0.252. The van der Waals surface area contributed by atoms with E-state index in [0.717, 1.165) is 27.9 Å². The van der Waals surface area contributed by atoms with Crippen molar-refractivity contribution in [1.82, 2.24) is 20.5 Å². The lowest BCUT2D eigenvalue weighted by atomic mass is 10.1. The molecule has 19 heavy (non-hydrogen) atoms. The molecule has 2 N–H and O–H groups in total. The van der Waals surface area contributed by atoms with Gasteiger partial charge in [-0.3, -0.25) is 5.10 Å². The van der Waals surface area contributed by atoms with E-state index in [2.05, 4.69) is 40.4 Å². The molecule has 0 spiro atoms. The van der Waals surface area contributed by atoms with Crippen molar-refractivity contribution in [3.8, 4) is 0 Å². The number of nitrogens with one attached hydrogen (secondary N) is 2. The Balaban J connectivity index is 2.14. The number of aryl methyl sites for hydroxylation is 1. The van der Waals surface area contributed by atoms with Crippen LogP contribution in [0.3, 0.4) is 0 Å². The average Bonchev–Trinajstić information content (AvgIpc) is 2.75. The van der Waals surface area contributed by atoms with Crippen LogP contribution in [-0.4, -0.2) is 21.7 Å². The fraction of sp³-hybridized carbons (Fsp3) is 0.385. The van der Waals surface area contributed by atoms with Crippen LogP contribution in [0.15, 0.2) is 28.3 Å². The predicted octanol–water partition coefficient (Wildman–Crippen LogP) is 3.59.